The smallest absolute Gasteiger partial charge is 0.253 e. The molecule has 4 aliphatic rings. The first kappa shape index (κ1) is 9.55. The van der Waals surface area contributed by atoms with Gasteiger partial charge >= 0.3 is 0 Å². The number of primary amides is 1. The van der Waals surface area contributed by atoms with Gasteiger partial charge < -0.3 is 5.73 Å². The van der Waals surface area contributed by atoms with Crippen LogP contribution in [0.15, 0.2) is 0 Å². The summed E-state index contributed by atoms with van der Waals surface area (Å²) < 4.78 is 27.6. The van der Waals surface area contributed by atoms with E-state index in [0.29, 0.717) is 31.6 Å². The van der Waals surface area contributed by atoms with Gasteiger partial charge in [-0.15, -0.1) is 0 Å². The summed E-state index contributed by atoms with van der Waals surface area (Å²) in [4.78, 5) is 11.4. The Balaban J connectivity index is 2.00. The zero-order valence-corrected chi connectivity index (χ0v) is 8.51. The van der Waals surface area contributed by atoms with E-state index in [1.54, 1.807) is 0 Å². The van der Waals surface area contributed by atoms with Crippen molar-refractivity contribution in [2.45, 2.75) is 38.0 Å². The average Bonchev–Trinajstić information content (AvgIpc) is 2.13. The molecule has 4 rings (SSSR count). The van der Waals surface area contributed by atoms with Crippen molar-refractivity contribution >= 4 is 5.91 Å². The van der Waals surface area contributed by atoms with E-state index >= 15 is 0 Å². The minimum absolute atomic E-state index is 0.314. The van der Waals surface area contributed by atoms with Crippen LogP contribution in [0.1, 0.15) is 32.1 Å². The fraction of sp³-hybridized carbons (Fsp3) is 0.909. The Bertz CT molecular complexity index is 311. The lowest BCUT2D eigenvalue weighted by Crippen LogP contribution is -2.60. The minimum atomic E-state index is -2.55. The maximum Gasteiger partial charge on any atom is 0.253 e. The maximum absolute atomic E-state index is 13.8. The summed E-state index contributed by atoms with van der Waals surface area (Å²) in [7, 11) is 0. The van der Waals surface area contributed by atoms with E-state index in [4.69, 9.17) is 5.73 Å². The lowest BCUT2D eigenvalue weighted by atomic mass is 9.48. The van der Waals surface area contributed by atoms with Crippen molar-refractivity contribution in [2.24, 2.45) is 28.9 Å². The van der Waals surface area contributed by atoms with E-state index in [-0.39, 0.29) is 5.91 Å². The number of carbonyl (C=O) groups excluding carboxylic acids is 1. The predicted molar refractivity (Wildman–Crippen MR) is 50.1 cm³/mol. The van der Waals surface area contributed by atoms with E-state index in [9.17, 15) is 13.6 Å². The minimum Gasteiger partial charge on any atom is -0.369 e. The van der Waals surface area contributed by atoms with E-state index in [1.165, 1.54) is 0 Å². The van der Waals surface area contributed by atoms with Crippen LogP contribution in [0.25, 0.3) is 0 Å². The first-order chi connectivity index (χ1) is 6.94. The molecule has 2 nitrogen and oxygen atoms in total. The van der Waals surface area contributed by atoms with Crippen molar-refractivity contribution in [3.63, 3.8) is 0 Å². The fourth-order valence-corrected chi connectivity index (χ4v) is 4.20. The summed E-state index contributed by atoms with van der Waals surface area (Å²) in [6.45, 7) is 0. The predicted octanol–water partition coefficient (Wildman–Crippen LogP) is 1.93. The van der Waals surface area contributed by atoms with Crippen molar-refractivity contribution in [2.75, 3.05) is 0 Å². The lowest BCUT2D eigenvalue weighted by molar-refractivity contribution is -0.223. The normalized spacial score (nSPS) is 50.7. The van der Waals surface area contributed by atoms with Crippen LogP contribution in [0.5, 0.6) is 0 Å². The van der Waals surface area contributed by atoms with E-state index in [2.05, 4.69) is 0 Å². The van der Waals surface area contributed by atoms with Gasteiger partial charge in [0.1, 0.15) is 0 Å². The molecule has 2 N–H and O–H groups in total. The van der Waals surface area contributed by atoms with Gasteiger partial charge in [-0.05, 0) is 38.0 Å². The molecule has 4 fully saturated rings. The van der Waals surface area contributed by atoms with E-state index in [1.807, 2.05) is 0 Å². The zero-order valence-electron chi connectivity index (χ0n) is 8.51. The topological polar surface area (TPSA) is 43.1 Å². The van der Waals surface area contributed by atoms with Crippen molar-refractivity contribution in [1.29, 1.82) is 0 Å². The number of nitrogens with two attached hydrogens (primary N) is 1. The molecule has 0 radical (unpaired) electrons. The molecular weight excluding hydrogens is 200 g/mol. The van der Waals surface area contributed by atoms with Crippen molar-refractivity contribution in [1.82, 2.24) is 0 Å². The first-order valence-corrected chi connectivity index (χ1v) is 5.62. The van der Waals surface area contributed by atoms with Crippen LogP contribution in [0.2, 0.25) is 0 Å². The zero-order chi connectivity index (χ0) is 10.8. The van der Waals surface area contributed by atoms with Crippen LogP contribution in [-0.2, 0) is 4.79 Å². The molecule has 2 atom stereocenters. The molecule has 0 spiro atoms. The molecule has 4 bridgehead atoms. The Kier molecular flexibility index (Phi) is 1.61. The lowest BCUT2D eigenvalue weighted by Gasteiger charge is -2.58. The summed E-state index contributed by atoms with van der Waals surface area (Å²) in [6, 6.07) is 0. The van der Waals surface area contributed by atoms with Crippen LogP contribution in [0, 0.1) is 23.2 Å². The molecule has 4 heteroatoms. The van der Waals surface area contributed by atoms with Crippen LogP contribution in [0.4, 0.5) is 8.78 Å². The molecule has 4 aliphatic carbocycles. The Morgan fingerprint density at radius 3 is 2.13 bits per heavy atom. The molecule has 0 aromatic rings. The van der Waals surface area contributed by atoms with Crippen LogP contribution in [0.3, 0.4) is 0 Å². The number of halogens is 2. The molecule has 0 aliphatic heterocycles. The first-order valence-electron chi connectivity index (χ1n) is 5.62. The van der Waals surface area contributed by atoms with Crippen LogP contribution < -0.4 is 5.73 Å². The number of hydrogen-bond acceptors (Lipinski definition) is 1. The number of rotatable bonds is 1. The Morgan fingerprint density at radius 2 is 1.67 bits per heavy atom. The quantitative estimate of drug-likeness (QED) is 0.713. The number of alkyl halides is 2. The molecule has 0 heterocycles. The van der Waals surface area contributed by atoms with Crippen molar-refractivity contribution in [3.05, 3.63) is 0 Å². The largest absolute Gasteiger partial charge is 0.369 e. The van der Waals surface area contributed by atoms with E-state index in [0.717, 1.165) is 6.42 Å². The highest BCUT2D eigenvalue weighted by Crippen LogP contribution is 2.65. The van der Waals surface area contributed by atoms with Gasteiger partial charge in [0.25, 0.3) is 5.92 Å². The van der Waals surface area contributed by atoms with Gasteiger partial charge in [0.15, 0.2) is 0 Å². The van der Waals surface area contributed by atoms with Gasteiger partial charge in [-0.3, -0.25) is 4.79 Å². The molecule has 84 valence electrons. The third kappa shape index (κ3) is 1.05. The Labute approximate surface area is 87.2 Å². The SMILES string of the molecule is NC(=O)C12CC3CC(C1)C(F)(F)C(C3)C2. The van der Waals surface area contributed by atoms with Crippen molar-refractivity contribution < 1.29 is 13.6 Å². The highest BCUT2D eigenvalue weighted by molar-refractivity contribution is 5.81. The highest BCUT2D eigenvalue weighted by atomic mass is 19.3. The molecule has 15 heavy (non-hydrogen) atoms. The number of amides is 1. The van der Waals surface area contributed by atoms with E-state index < -0.39 is 23.2 Å². The summed E-state index contributed by atoms with van der Waals surface area (Å²) in [5.74, 6) is -3.75. The summed E-state index contributed by atoms with van der Waals surface area (Å²) in [6.07, 6.45) is 2.59. The van der Waals surface area contributed by atoms with Crippen LogP contribution in [-0.4, -0.2) is 11.8 Å². The van der Waals surface area contributed by atoms with Crippen molar-refractivity contribution in [3.8, 4) is 0 Å². The molecule has 4 saturated carbocycles. The molecule has 0 aromatic heterocycles. The molecule has 2 unspecified atom stereocenters. The second-order valence-corrected chi connectivity index (χ2v) is 5.66. The van der Waals surface area contributed by atoms with Gasteiger partial charge in [0.2, 0.25) is 5.91 Å². The van der Waals surface area contributed by atoms with Gasteiger partial charge in [0.05, 0.1) is 5.41 Å². The third-order valence-corrected chi connectivity index (χ3v) is 4.80. The summed E-state index contributed by atoms with van der Waals surface area (Å²) >= 11 is 0. The monoisotopic (exact) mass is 215 g/mol. The number of carbonyl (C=O) groups is 1. The third-order valence-electron chi connectivity index (χ3n) is 4.80. The number of hydrogen-bond donors (Lipinski definition) is 1. The van der Waals surface area contributed by atoms with Gasteiger partial charge in [0, 0.05) is 11.8 Å². The van der Waals surface area contributed by atoms with Gasteiger partial charge in [-0.2, -0.15) is 0 Å². The average molecular weight is 215 g/mol. The Hall–Kier alpha value is -0.670. The summed E-state index contributed by atoms with van der Waals surface area (Å²) in [5.41, 5.74) is 4.81. The molecular formula is C11H15F2NO. The standard InChI is InChI=1S/C11H15F2NO/c12-11(13)7-1-6-2-8(11)5-10(3-6,4-7)9(14)15/h6-8H,1-5H2,(H2,14,15). The van der Waals surface area contributed by atoms with Gasteiger partial charge in [-0.25, -0.2) is 8.78 Å². The second kappa shape index (κ2) is 2.53. The maximum atomic E-state index is 13.8. The second-order valence-electron chi connectivity index (χ2n) is 5.66. The summed E-state index contributed by atoms with van der Waals surface area (Å²) in [5, 5.41) is 0. The molecule has 1 amide bonds. The van der Waals surface area contributed by atoms with Crippen LogP contribution >= 0.6 is 0 Å². The fourth-order valence-electron chi connectivity index (χ4n) is 4.20. The highest BCUT2D eigenvalue weighted by Gasteiger charge is 2.65. The van der Waals surface area contributed by atoms with Gasteiger partial charge in [-0.1, -0.05) is 0 Å². The Morgan fingerprint density at radius 1 is 1.13 bits per heavy atom. The molecule has 0 aromatic carbocycles. The molecule has 0 saturated heterocycles.